The Hall–Kier alpha value is -2.23. The van der Waals surface area contributed by atoms with Crippen molar-refractivity contribution in [3.63, 3.8) is 0 Å². The Kier molecular flexibility index (Phi) is 5.59. The number of nitrogens with two attached hydrogens (primary N) is 1. The number of aliphatic carboxylic acids is 1. The summed E-state index contributed by atoms with van der Waals surface area (Å²) in [4.78, 5) is 28.0. The maximum Gasteiger partial charge on any atom is 0.451 e. The number of hydrogen-bond acceptors (Lipinski definition) is 6. The topological polar surface area (TPSA) is 115 Å². The third-order valence-corrected chi connectivity index (χ3v) is 2.33. The molecule has 0 bridgehead atoms. The number of carboxylic acid groups (broad SMARTS) is 1. The zero-order valence-electron chi connectivity index (χ0n) is 10.6. The smallest absolute Gasteiger partial charge is 0.451 e. The number of aromatic nitrogens is 2. The van der Waals surface area contributed by atoms with E-state index in [1.165, 1.54) is 0 Å². The van der Waals surface area contributed by atoms with Crippen molar-refractivity contribution in [2.45, 2.75) is 25.1 Å². The summed E-state index contributed by atoms with van der Waals surface area (Å²) in [7, 11) is 0. The quantitative estimate of drug-likeness (QED) is 0.759. The maximum absolute atomic E-state index is 12.3. The number of ether oxygens (including phenoxy) is 1. The van der Waals surface area contributed by atoms with Gasteiger partial charge in [-0.15, -0.1) is 0 Å². The molecule has 1 heterocycles. The highest BCUT2D eigenvalue weighted by molar-refractivity contribution is 5.85. The summed E-state index contributed by atoms with van der Waals surface area (Å²) in [6.45, 7) is -0.602. The summed E-state index contributed by atoms with van der Waals surface area (Å²) < 4.78 is 41.8. The van der Waals surface area contributed by atoms with Crippen LogP contribution in [0, 0.1) is 0 Å². The third kappa shape index (κ3) is 5.73. The third-order valence-electron chi connectivity index (χ3n) is 2.33. The van der Waals surface area contributed by atoms with Crippen LogP contribution in [0.3, 0.4) is 0 Å². The van der Waals surface area contributed by atoms with Crippen LogP contribution >= 0.6 is 0 Å². The number of alkyl halides is 3. The Morgan fingerprint density at radius 2 is 2.10 bits per heavy atom. The maximum atomic E-state index is 12.3. The van der Waals surface area contributed by atoms with Crippen molar-refractivity contribution < 1.29 is 32.6 Å². The Morgan fingerprint density at radius 1 is 1.43 bits per heavy atom. The molecular formula is C11H12F3N3O4. The van der Waals surface area contributed by atoms with Gasteiger partial charge >= 0.3 is 12.1 Å². The van der Waals surface area contributed by atoms with Gasteiger partial charge in [0.2, 0.25) is 11.7 Å². The van der Waals surface area contributed by atoms with Crippen LogP contribution in [0.1, 0.15) is 18.7 Å². The van der Waals surface area contributed by atoms with Gasteiger partial charge in [-0.05, 0) is 6.42 Å². The summed E-state index contributed by atoms with van der Waals surface area (Å²) in [5.41, 5.74) is 5.42. The van der Waals surface area contributed by atoms with Crippen LogP contribution in [0.25, 0.3) is 0 Å². The molecule has 7 nitrogen and oxygen atoms in total. The number of carbonyl (C=O) groups is 2. The lowest BCUT2D eigenvalue weighted by atomic mass is 10.1. The first kappa shape index (κ1) is 16.8. The zero-order chi connectivity index (χ0) is 16.0. The number of hydrogen-bond donors (Lipinski definition) is 2. The van der Waals surface area contributed by atoms with E-state index in [1.807, 2.05) is 0 Å². The highest BCUT2D eigenvalue weighted by atomic mass is 19.4. The molecule has 116 valence electrons. The van der Waals surface area contributed by atoms with Crippen LogP contribution in [0.4, 0.5) is 13.2 Å². The van der Waals surface area contributed by atoms with E-state index in [4.69, 9.17) is 15.6 Å². The normalized spacial score (nSPS) is 12.8. The summed E-state index contributed by atoms with van der Waals surface area (Å²) in [5, 5.41) is 8.44. The SMILES string of the molecule is NC(CCC(=O)O)C(=O)COc1ccnc(C(F)(F)F)n1. The molecule has 10 heteroatoms. The molecule has 3 N–H and O–H groups in total. The van der Waals surface area contributed by atoms with Crippen molar-refractivity contribution in [2.75, 3.05) is 6.61 Å². The highest BCUT2D eigenvalue weighted by Gasteiger charge is 2.34. The average molecular weight is 307 g/mol. The summed E-state index contributed by atoms with van der Waals surface area (Å²) in [5.74, 6) is -3.55. The van der Waals surface area contributed by atoms with Crippen LogP contribution < -0.4 is 10.5 Å². The molecule has 0 aliphatic heterocycles. The number of ketones is 1. The summed E-state index contributed by atoms with van der Waals surface area (Å²) in [6.07, 6.45) is -4.25. The van der Waals surface area contributed by atoms with Crippen molar-refractivity contribution in [2.24, 2.45) is 5.73 Å². The van der Waals surface area contributed by atoms with E-state index in [2.05, 4.69) is 9.97 Å². The number of carbonyl (C=O) groups excluding carboxylic acids is 1. The van der Waals surface area contributed by atoms with Gasteiger partial charge in [0.15, 0.2) is 5.78 Å². The molecule has 21 heavy (non-hydrogen) atoms. The van der Waals surface area contributed by atoms with Gasteiger partial charge in [-0.3, -0.25) is 9.59 Å². The van der Waals surface area contributed by atoms with Gasteiger partial charge in [0.25, 0.3) is 0 Å². The van der Waals surface area contributed by atoms with Gasteiger partial charge in [0.05, 0.1) is 6.04 Å². The Balaban J connectivity index is 2.55. The van der Waals surface area contributed by atoms with Crippen molar-refractivity contribution in [3.05, 3.63) is 18.1 Å². The minimum absolute atomic E-state index is 0.0882. The lowest BCUT2D eigenvalue weighted by Gasteiger charge is -2.11. The van der Waals surface area contributed by atoms with E-state index < -0.39 is 42.3 Å². The Bertz CT molecular complexity index is 522. The van der Waals surface area contributed by atoms with E-state index in [9.17, 15) is 22.8 Å². The van der Waals surface area contributed by atoms with E-state index in [1.54, 1.807) is 0 Å². The molecule has 0 saturated heterocycles. The van der Waals surface area contributed by atoms with Crippen molar-refractivity contribution >= 4 is 11.8 Å². The number of halogens is 3. The molecule has 1 unspecified atom stereocenters. The van der Waals surface area contributed by atoms with Gasteiger partial charge in [-0.2, -0.15) is 18.2 Å². The monoisotopic (exact) mass is 307 g/mol. The Labute approximate surface area is 116 Å². The van der Waals surface area contributed by atoms with Gasteiger partial charge in [-0.1, -0.05) is 0 Å². The minimum atomic E-state index is -4.72. The molecule has 0 aliphatic rings. The molecule has 1 rings (SSSR count). The molecule has 0 spiro atoms. The number of nitrogens with zero attached hydrogens (tertiary/aromatic N) is 2. The minimum Gasteiger partial charge on any atom is -0.481 e. The molecule has 0 fully saturated rings. The fourth-order valence-corrected chi connectivity index (χ4v) is 1.25. The fraction of sp³-hybridized carbons (Fsp3) is 0.455. The van der Waals surface area contributed by atoms with Crippen molar-refractivity contribution in [1.82, 2.24) is 9.97 Å². The van der Waals surface area contributed by atoms with E-state index in [0.717, 1.165) is 12.3 Å². The van der Waals surface area contributed by atoms with Crippen molar-refractivity contribution in [1.29, 1.82) is 0 Å². The summed E-state index contributed by atoms with van der Waals surface area (Å²) in [6, 6.07) is -0.00399. The molecule has 0 amide bonds. The molecule has 1 atom stereocenters. The van der Waals surface area contributed by atoms with Gasteiger partial charge in [0.1, 0.15) is 6.61 Å². The standard InChI is InChI=1S/C11H12F3N3O4/c12-11(13,14)10-16-4-3-8(17-10)21-5-7(18)6(15)1-2-9(19)20/h3-4,6H,1-2,5,15H2,(H,19,20). The lowest BCUT2D eigenvalue weighted by molar-refractivity contribution is -0.145. The Morgan fingerprint density at radius 3 is 2.67 bits per heavy atom. The van der Waals surface area contributed by atoms with E-state index >= 15 is 0 Å². The number of Topliss-reactive ketones (excluding diaryl/α,β-unsaturated/α-hetero) is 1. The second-order valence-corrected chi connectivity index (χ2v) is 4.01. The van der Waals surface area contributed by atoms with Gasteiger partial charge in [-0.25, -0.2) is 4.98 Å². The van der Waals surface area contributed by atoms with Crippen molar-refractivity contribution in [3.8, 4) is 5.88 Å². The van der Waals surface area contributed by atoms with Gasteiger partial charge < -0.3 is 15.6 Å². The lowest BCUT2D eigenvalue weighted by Crippen LogP contribution is -2.35. The molecule has 1 aromatic heterocycles. The largest absolute Gasteiger partial charge is 0.481 e. The summed E-state index contributed by atoms with van der Waals surface area (Å²) >= 11 is 0. The molecule has 1 aromatic rings. The number of rotatable bonds is 7. The van der Waals surface area contributed by atoms with E-state index in [0.29, 0.717) is 0 Å². The fourth-order valence-electron chi connectivity index (χ4n) is 1.25. The van der Waals surface area contributed by atoms with Crippen LogP contribution in [0.15, 0.2) is 12.3 Å². The molecular weight excluding hydrogens is 295 g/mol. The predicted molar refractivity (Wildman–Crippen MR) is 62.4 cm³/mol. The number of carboxylic acids is 1. The van der Waals surface area contributed by atoms with Gasteiger partial charge in [0, 0.05) is 18.7 Å². The second-order valence-electron chi connectivity index (χ2n) is 4.01. The molecule has 0 aromatic carbocycles. The van der Waals surface area contributed by atoms with Crippen LogP contribution in [-0.2, 0) is 15.8 Å². The predicted octanol–water partition coefficient (Wildman–Crippen LogP) is 0.635. The average Bonchev–Trinajstić information content (AvgIpc) is 2.41. The van der Waals surface area contributed by atoms with Crippen LogP contribution in [0.5, 0.6) is 5.88 Å². The second kappa shape index (κ2) is 6.97. The van der Waals surface area contributed by atoms with E-state index in [-0.39, 0.29) is 12.8 Å². The van der Waals surface area contributed by atoms with Crippen LogP contribution in [0.2, 0.25) is 0 Å². The zero-order valence-corrected chi connectivity index (χ0v) is 10.6. The molecule has 0 saturated carbocycles. The first-order chi connectivity index (χ1) is 9.70. The first-order valence-corrected chi connectivity index (χ1v) is 5.73. The molecule has 0 radical (unpaired) electrons. The molecule has 0 aliphatic carbocycles. The first-order valence-electron chi connectivity index (χ1n) is 5.73. The van der Waals surface area contributed by atoms with Crippen LogP contribution in [-0.4, -0.2) is 39.5 Å². The highest BCUT2D eigenvalue weighted by Crippen LogP contribution is 2.26.